The molecule has 3 N–H and O–H groups in total. The van der Waals surface area contributed by atoms with Crippen molar-refractivity contribution >= 4 is 26.9 Å². The molecular formula is C27H20F2N4O3S. The van der Waals surface area contributed by atoms with Crippen LogP contribution in [-0.2, 0) is 10.2 Å². The van der Waals surface area contributed by atoms with Crippen molar-refractivity contribution in [1.29, 1.82) is 0 Å². The molecule has 5 rings (SSSR count). The molecule has 186 valence electrons. The molecule has 0 aliphatic heterocycles. The molecule has 0 aliphatic rings. The first-order valence-electron chi connectivity index (χ1n) is 11.0. The fourth-order valence-corrected chi connectivity index (χ4v) is 4.51. The molecule has 10 heteroatoms. The first kappa shape index (κ1) is 24.3. The van der Waals surface area contributed by atoms with Gasteiger partial charge in [-0.05, 0) is 47.5 Å². The summed E-state index contributed by atoms with van der Waals surface area (Å²) in [7, 11) is -2.63. The number of ether oxygens (including phenoxy) is 1. The topological polar surface area (TPSA) is 107 Å². The van der Waals surface area contributed by atoms with Crippen molar-refractivity contribution in [3.63, 3.8) is 0 Å². The van der Waals surface area contributed by atoms with Gasteiger partial charge in [0, 0.05) is 39.9 Å². The summed E-state index contributed by atoms with van der Waals surface area (Å²) in [6, 6.07) is 21.4. The number of hydrogen-bond acceptors (Lipinski definition) is 5. The van der Waals surface area contributed by atoms with E-state index in [0.717, 1.165) is 22.6 Å². The smallest absolute Gasteiger partial charge is 0.297 e. The number of pyridine rings is 2. The number of halogens is 2. The van der Waals surface area contributed by atoms with E-state index in [1.807, 2.05) is 42.5 Å². The van der Waals surface area contributed by atoms with Crippen molar-refractivity contribution in [1.82, 2.24) is 9.97 Å². The zero-order valence-corrected chi connectivity index (χ0v) is 20.3. The lowest BCUT2D eigenvalue weighted by molar-refractivity contribution is 0.399. The van der Waals surface area contributed by atoms with E-state index in [2.05, 4.69) is 14.7 Å². The standard InChI is InChI=1S/C27H20F2N4O3S/c1-36-27-23(21-9-8-20(28)14-24(21)29)13-19(15-31-27)17-7-10-25-18(11-17)12-22(16-5-3-2-4-6-16)26(32-25)33-37(30,34)35/h2-15H,1H3,(H,32,33)(H2,30,34,35). The second-order valence-electron chi connectivity index (χ2n) is 8.21. The molecule has 0 fully saturated rings. The number of rotatable bonds is 6. The minimum absolute atomic E-state index is 0.106. The van der Waals surface area contributed by atoms with Crippen molar-refractivity contribution in [2.24, 2.45) is 5.14 Å². The van der Waals surface area contributed by atoms with E-state index in [1.54, 1.807) is 24.4 Å². The van der Waals surface area contributed by atoms with Crippen LogP contribution in [-0.4, -0.2) is 25.5 Å². The summed E-state index contributed by atoms with van der Waals surface area (Å²) < 4.78 is 59.2. The SMILES string of the molecule is COc1ncc(-c2ccc3nc(NS(N)(=O)=O)c(-c4ccccc4)cc3c2)cc1-c1ccc(F)cc1F. The Kier molecular flexibility index (Phi) is 6.28. The molecule has 2 heterocycles. The Balaban J connectivity index is 1.66. The van der Waals surface area contributed by atoms with Gasteiger partial charge in [0.15, 0.2) is 0 Å². The number of nitrogens with one attached hydrogen (secondary N) is 1. The molecular weight excluding hydrogens is 498 g/mol. The molecule has 0 saturated carbocycles. The van der Waals surface area contributed by atoms with Crippen LogP contribution in [0.4, 0.5) is 14.6 Å². The van der Waals surface area contributed by atoms with Gasteiger partial charge in [-0.1, -0.05) is 36.4 Å². The second kappa shape index (κ2) is 9.57. The summed E-state index contributed by atoms with van der Waals surface area (Å²) in [5, 5.41) is 5.94. The van der Waals surface area contributed by atoms with E-state index in [1.165, 1.54) is 19.2 Å². The number of anilines is 1. The van der Waals surface area contributed by atoms with Crippen LogP contribution in [0.2, 0.25) is 0 Å². The van der Waals surface area contributed by atoms with E-state index < -0.39 is 21.8 Å². The van der Waals surface area contributed by atoms with E-state index >= 15 is 0 Å². The van der Waals surface area contributed by atoms with Gasteiger partial charge >= 0.3 is 0 Å². The molecule has 2 aromatic heterocycles. The highest BCUT2D eigenvalue weighted by Crippen LogP contribution is 2.36. The summed E-state index contributed by atoms with van der Waals surface area (Å²) in [5.74, 6) is -1.12. The number of benzene rings is 3. The van der Waals surface area contributed by atoms with Crippen molar-refractivity contribution in [2.45, 2.75) is 0 Å². The average molecular weight is 519 g/mol. The Hall–Kier alpha value is -4.41. The minimum atomic E-state index is -4.06. The number of fused-ring (bicyclic) bond motifs is 1. The highest BCUT2D eigenvalue weighted by molar-refractivity contribution is 7.90. The van der Waals surface area contributed by atoms with Crippen LogP contribution in [0.1, 0.15) is 0 Å². The number of aromatic nitrogens is 2. The predicted molar refractivity (Wildman–Crippen MR) is 139 cm³/mol. The van der Waals surface area contributed by atoms with Gasteiger partial charge in [0.1, 0.15) is 17.5 Å². The molecule has 7 nitrogen and oxygen atoms in total. The zero-order chi connectivity index (χ0) is 26.2. The third-order valence-corrected chi connectivity index (χ3v) is 6.22. The Morgan fingerprint density at radius 3 is 2.32 bits per heavy atom. The second-order valence-corrected chi connectivity index (χ2v) is 9.50. The third-order valence-electron chi connectivity index (χ3n) is 5.74. The highest BCUT2D eigenvalue weighted by Gasteiger charge is 2.16. The van der Waals surface area contributed by atoms with Gasteiger partial charge in [0.2, 0.25) is 5.88 Å². The number of hydrogen-bond donors (Lipinski definition) is 2. The van der Waals surface area contributed by atoms with Crippen LogP contribution in [0.15, 0.2) is 85.1 Å². The molecule has 0 aliphatic carbocycles. The Morgan fingerprint density at radius 2 is 1.62 bits per heavy atom. The summed E-state index contributed by atoms with van der Waals surface area (Å²) >= 11 is 0. The Bertz CT molecular complexity index is 1750. The van der Waals surface area contributed by atoms with Crippen LogP contribution >= 0.6 is 0 Å². The van der Waals surface area contributed by atoms with Crippen molar-refractivity contribution in [2.75, 3.05) is 11.8 Å². The van der Waals surface area contributed by atoms with Gasteiger partial charge in [0.05, 0.1) is 12.6 Å². The summed E-state index contributed by atoms with van der Waals surface area (Å²) in [6.07, 6.45) is 1.59. The Labute approximate surface area is 211 Å². The number of methoxy groups -OCH3 is 1. The minimum Gasteiger partial charge on any atom is -0.481 e. The maximum Gasteiger partial charge on any atom is 0.297 e. The fraction of sp³-hybridized carbons (Fsp3) is 0.0370. The maximum absolute atomic E-state index is 14.6. The van der Waals surface area contributed by atoms with Crippen molar-refractivity contribution in [3.8, 4) is 39.3 Å². The normalized spacial score (nSPS) is 11.5. The predicted octanol–water partition coefficient (Wildman–Crippen LogP) is 5.53. The van der Waals surface area contributed by atoms with Crippen molar-refractivity contribution < 1.29 is 21.9 Å². The van der Waals surface area contributed by atoms with Gasteiger partial charge in [0.25, 0.3) is 10.2 Å². The fourth-order valence-electron chi connectivity index (χ4n) is 4.08. The van der Waals surface area contributed by atoms with Gasteiger partial charge in [-0.25, -0.2) is 23.9 Å². The van der Waals surface area contributed by atoms with E-state index in [-0.39, 0.29) is 17.3 Å². The molecule has 5 aromatic rings. The number of nitrogens with zero attached hydrogens (tertiary/aromatic N) is 2. The maximum atomic E-state index is 14.6. The summed E-state index contributed by atoms with van der Waals surface area (Å²) in [5.41, 5.74) is 3.75. The third kappa shape index (κ3) is 5.11. The van der Waals surface area contributed by atoms with Gasteiger partial charge < -0.3 is 4.74 Å². The van der Waals surface area contributed by atoms with Crippen LogP contribution in [0.3, 0.4) is 0 Å². The lowest BCUT2D eigenvalue weighted by Crippen LogP contribution is -2.22. The summed E-state index contributed by atoms with van der Waals surface area (Å²) in [6.45, 7) is 0. The van der Waals surface area contributed by atoms with E-state index in [0.29, 0.717) is 22.2 Å². The summed E-state index contributed by atoms with van der Waals surface area (Å²) in [4.78, 5) is 8.82. The first-order chi connectivity index (χ1) is 17.7. The quantitative estimate of drug-likeness (QED) is 0.307. The van der Waals surface area contributed by atoms with Crippen LogP contribution in [0.25, 0.3) is 44.3 Å². The zero-order valence-electron chi connectivity index (χ0n) is 19.4. The van der Waals surface area contributed by atoms with Crippen LogP contribution < -0.4 is 14.6 Å². The lowest BCUT2D eigenvalue weighted by Gasteiger charge is -2.14. The van der Waals surface area contributed by atoms with Gasteiger partial charge in [-0.3, -0.25) is 4.72 Å². The van der Waals surface area contributed by atoms with Gasteiger partial charge in [-0.15, -0.1) is 0 Å². The lowest BCUT2D eigenvalue weighted by atomic mass is 9.98. The van der Waals surface area contributed by atoms with Crippen LogP contribution in [0.5, 0.6) is 5.88 Å². The highest BCUT2D eigenvalue weighted by atomic mass is 32.2. The van der Waals surface area contributed by atoms with Crippen molar-refractivity contribution in [3.05, 3.63) is 96.7 Å². The van der Waals surface area contributed by atoms with E-state index in [4.69, 9.17) is 9.88 Å². The average Bonchev–Trinajstić information content (AvgIpc) is 2.87. The largest absolute Gasteiger partial charge is 0.481 e. The Morgan fingerprint density at radius 1 is 0.838 bits per heavy atom. The van der Waals surface area contributed by atoms with Gasteiger partial charge in [-0.2, -0.15) is 8.42 Å². The number of nitrogens with two attached hydrogens (primary N) is 1. The molecule has 3 aromatic carbocycles. The molecule has 0 amide bonds. The molecule has 0 unspecified atom stereocenters. The first-order valence-corrected chi connectivity index (χ1v) is 12.6. The van der Waals surface area contributed by atoms with Crippen LogP contribution in [0, 0.1) is 11.6 Å². The molecule has 0 radical (unpaired) electrons. The molecule has 0 spiro atoms. The monoisotopic (exact) mass is 518 g/mol. The molecule has 0 saturated heterocycles. The molecule has 37 heavy (non-hydrogen) atoms. The molecule has 0 atom stereocenters. The van der Waals surface area contributed by atoms with E-state index in [9.17, 15) is 17.2 Å². The molecule has 0 bridgehead atoms.